The molecule has 0 bridgehead atoms. The van der Waals surface area contributed by atoms with Crippen LogP contribution < -0.4 is 5.30 Å². The van der Waals surface area contributed by atoms with E-state index in [4.69, 9.17) is 0 Å². The molecule has 60 valence electrons. The maximum atomic E-state index is 12.7. The van der Waals surface area contributed by atoms with Crippen molar-refractivity contribution in [3.05, 3.63) is 29.6 Å². The quantitative estimate of drug-likeness (QED) is 0.568. The highest BCUT2D eigenvalue weighted by atomic mass is 31.0. The average Bonchev–Trinajstić information content (AvgIpc) is 1.94. The zero-order valence-electron chi connectivity index (χ0n) is 6.76. The monoisotopic (exact) mass is 170 g/mol. The first-order valence-electron chi connectivity index (χ1n) is 3.66. The Bertz CT molecular complexity index is 256. The van der Waals surface area contributed by atoms with Crippen molar-refractivity contribution < 1.29 is 4.39 Å². The number of halogens is 1. The van der Waals surface area contributed by atoms with Crippen LogP contribution in [0.25, 0.3) is 0 Å². The SMILES string of the molecule is CC(C)c1ccc(F)c(P)c1. The van der Waals surface area contributed by atoms with Gasteiger partial charge >= 0.3 is 0 Å². The van der Waals surface area contributed by atoms with E-state index in [0.717, 1.165) is 0 Å². The minimum Gasteiger partial charge on any atom is -0.206 e. The molecule has 11 heavy (non-hydrogen) atoms. The molecule has 1 unspecified atom stereocenters. The lowest BCUT2D eigenvalue weighted by Crippen LogP contribution is -2.00. The summed E-state index contributed by atoms with van der Waals surface area (Å²) in [6.07, 6.45) is 0. The van der Waals surface area contributed by atoms with Crippen LogP contribution in [0.3, 0.4) is 0 Å². The van der Waals surface area contributed by atoms with Crippen LogP contribution in [0, 0.1) is 5.82 Å². The molecule has 0 heterocycles. The van der Waals surface area contributed by atoms with Crippen molar-refractivity contribution in [1.82, 2.24) is 0 Å². The van der Waals surface area contributed by atoms with Crippen LogP contribution in [0.2, 0.25) is 0 Å². The number of hydrogen-bond acceptors (Lipinski definition) is 0. The Morgan fingerprint density at radius 3 is 2.45 bits per heavy atom. The summed E-state index contributed by atoms with van der Waals surface area (Å²) in [5.41, 5.74) is 1.18. The molecular weight excluding hydrogens is 158 g/mol. The Labute approximate surface area is 69.0 Å². The highest BCUT2D eigenvalue weighted by Gasteiger charge is 2.01. The van der Waals surface area contributed by atoms with Gasteiger partial charge in [0.15, 0.2) is 0 Å². The molecule has 2 heteroatoms. The highest BCUT2D eigenvalue weighted by molar-refractivity contribution is 7.27. The van der Waals surface area contributed by atoms with Gasteiger partial charge < -0.3 is 0 Å². The maximum Gasteiger partial charge on any atom is 0.130 e. The molecule has 0 radical (unpaired) electrons. The summed E-state index contributed by atoms with van der Waals surface area (Å²) in [5, 5.41) is 0.649. The molecule has 0 aliphatic heterocycles. The van der Waals surface area contributed by atoms with E-state index in [1.165, 1.54) is 11.6 Å². The van der Waals surface area contributed by atoms with Crippen LogP contribution in [0.15, 0.2) is 18.2 Å². The van der Waals surface area contributed by atoms with Crippen LogP contribution in [0.4, 0.5) is 4.39 Å². The van der Waals surface area contributed by atoms with E-state index in [-0.39, 0.29) is 5.82 Å². The van der Waals surface area contributed by atoms with E-state index in [1.54, 1.807) is 0 Å². The van der Waals surface area contributed by atoms with E-state index in [2.05, 4.69) is 23.1 Å². The van der Waals surface area contributed by atoms with Gasteiger partial charge in [0.05, 0.1) is 0 Å². The predicted molar refractivity (Wildman–Crippen MR) is 49.8 cm³/mol. The zero-order valence-corrected chi connectivity index (χ0v) is 7.92. The molecule has 0 aromatic heterocycles. The van der Waals surface area contributed by atoms with Crippen molar-refractivity contribution in [2.45, 2.75) is 19.8 Å². The molecule has 0 N–H and O–H groups in total. The fourth-order valence-electron chi connectivity index (χ4n) is 0.921. The predicted octanol–water partition coefficient (Wildman–Crippen LogP) is 2.45. The Hall–Kier alpha value is -0.420. The lowest BCUT2D eigenvalue weighted by molar-refractivity contribution is 0.635. The Morgan fingerprint density at radius 1 is 1.36 bits per heavy atom. The van der Waals surface area contributed by atoms with Crippen molar-refractivity contribution in [1.29, 1.82) is 0 Å². The average molecular weight is 170 g/mol. The first-order valence-corrected chi connectivity index (χ1v) is 4.24. The summed E-state index contributed by atoms with van der Waals surface area (Å²) in [5.74, 6) is 0.314. The smallest absolute Gasteiger partial charge is 0.130 e. The summed E-state index contributed by atoms with van der Waals surface area (Å²) in [4.78, 5) is 0. The maximum absolute atomic E-state index is 12.7. The van der Waals surface area contributed by atoms with Gasteiger partial charge in [-0.3, -0.25) is 0 Å². The van der Waals surface area contributed by atoms with Gasteiger partial charge in [-0.05, 0) is 23.6 Å². The van der Waals surface area contributed by atoms with Gasteiger partial charge in [-0.2, -0.15) is 0 Å². The topological polar surface area (TPSA) is 0 Å². The summed E-state index contributed by atoms with van der Waals surface area (Å²) in [6.45, 7) is 4.19. The summed E-state index contributed by atoms with van der Waals surface area (Å²) in [7, 11) is 2.39. The zero-order chi connectivity index (χ0) is 8.43. The van der Waals surface area contributed by atoms with Crippen molar-refractivity contribution in [3.63, 3.8) is 0 Å². The third-order valence-corrected chi connectivity index (χ3v) is 2.13. The largest absolute Gasteiger partial charge is 0.206 e. The minimum atomic E-state index is -0.153. The molecular formula is C9H12FP. The fraction of sp³-hybridized carbons (Fsp3) is 0.333. The van der Waals surface area contributed by atoms with Gasteiger partial charge in [0.2, 0.25) is 0 Å². The van der Waals surface area contributed by atoms with Crippen molar-refractivity contribution in [3.8, 4) is 0 Å². The van der Waals surface area contributed by atoms with Gasteiger partial charge in [0, 0.05) is 5.30 Å². The van der Waals surface area contributed by atoms with Gasteiger partial charge in [0.25, 0.3) is 0 Å². The molecule has 0 amide bonds. The Morgan fingerprint density at radius 2 is 2.00 bits per heavy atom. The Kier molecular flexibility index (Phi) is 2.62. The van der Waals surface area contributed by atoms with Crippen LogP contribution in [0.5, 0.6) is 0 Å². The van der Waals surface area contributed by atoms with E-state index in [9.17, 15) is 4.39 Å². The van der Waals surface area contributed by atoms with E-state index in [0.29, 0.717) is 11.2 Å². The number of benzene rings is 1. The highest BCUT2D eigenvalue weighted by Crippen LogP contribution is 2.13. The van der Waals surface area contributed by atoms with Gasteiger partial charge in [-0.1, -0.05) is 19.9 Å². The van der Waals surface area contributed by atoms with Gasteiger partial charge in [-0.15, -0.1) is 9.24 Å². The van der Waals surface area contributed by atoms with Gasteiger partial charge in [-0.25, -0.2) is 4.39 Å². The molecule has 0 aliphatic carbocycles. The Balaban J connectivity index is 3.05. The summed E-state index contributed by atoms with van der Waals surface area (Å²) < 4.78 is 12.7. The van der Waals surface area contributed by atoms with Crippen LogP contribution in [-0.2, 0) is 0 Å². The van der Waals surface area contributed by atoms with E-state index in [1.807, 2.05) is 12.1 Å². The fourth-order valence-corrected chi connectivity index (χ4v) is 1.21. The summed E-state index contributed by atoms with van der Waals surface area (Å²) >= 11 is 0. The van der Waals surface area contributed by atoms with Crippen molar-refractivity contribution in [2.75, 3.05) is 0 Å². The lowest BCUT2D eigenvalue weighted by atomic mass is 10.0. The number of hydrogen-bond donors (Lipinski definition) is 0. The first kappa shape index (κ1) is 8.67. The normalized spacial score (nSPS) is 10.6. The summed E-state index contributed by atoms with van der Waals surface area (Å²) in [6, 6.07) is 5.20. The second-order valence-corrected chi connectivity index (χ2v) is 3.56. The third-order valence-electron chi connectivity index (χ3n) is 1.69. The third kappa shape index (κ3) is 2.00. The molecule has 0 saturated heterocycles. The van der Waals surface area contributed by atoms with Gasteiger partial charge in [0.1, 0.15) is 5.82 Å². The first-order chi connectivity index (χ1) is 5.11. The molecule has 1 atom stereocenters. The molecule has 1 aromatic rings. The molecule has 0 nitrogen and oxygen atoms in total. The lowest BCUT2D eigenvalue weighted by Gasteiger charge is -2.05. The van der Waals surface area contributed by atoms with Crippen LogP contribution >= 0.6 is 9.24 Å². The molecule has 0 aliphatic rings. The molecule has 0 spiro atoms. The molecule has 0 fully saturated rings. The number of rotatable bonds is 1. The molecule has 1 aromatic carbocycles. The molecule has 0 saturated carbocycles. The second-order valence-electron chi connectivity index (χ2n) is 2.94. The van der Waals surface area contributed by atoms with Crippen molar-refractivity contribution in [2.24, 2.45) is 0 Å². The van der Waals surface area contributed by atoms with E-state index >= 15 is 0 Å². The van der Waals surface area contributed by atoms with Crippen LogP contribution in [-0.4, -0.2) is 0 Å². The second kappa shape index (κ2) is 3.32. The standard InChI is InChI=1S/C9H12FP/c1-6(2)7-3-4-8(10)9(11)5-7/h3-6H,11H2,1-2H3. The van der Waals surface area contributed by atoms with Crippen LogP contribution in [0.1, 0.15) is 25.3 Å². The molecule has 1 rings (SSSR count). The minimum absolute atomic E-state index is 0.153. The van der Waals surface area contributed by atoms with Crippen molar-refractivity contribution >= 4 is 14.5 Å². The van der Waals surface area contributed by atoms with E-state index < -0.39 is 0 Å².